The zero-order chi connectivity index (χ0) is 15.7. The number of aliphatic carboxylic acids is 1. The van der Waals surface area contributed by atoms with Gasteiger partial charge < -0.3 is 20.1 Å². The van der Waals surface area contributed by atoms with Crippen molar-refractivity contribution >= 4 is 5.97 Å². The van der Waals surface area contributed by atoms with Gasteiger partial charge in [-0.25, -0.2) is 4.79 Å². The Bertz CT molecular complexity index is 424. The lowest BCUT2D eigenvalue weighted by atomic mass is 10.1. The zero-order valence-corrected chi connectivity index (χ0v) is 12.1. The quantitative estimate of drug-likeness (QED) is 0.565. The minimum atomic E-state index is -1.15. The van der Waals surface area contributed by atoms with Crippen LogP contribution in [0.3, 0.4) is 0 Å². The molecule has 0 saturated carbocycles. The third kappa shape index (κ3) is 6.61. The monoisotopic (exact) mass is 298 g/mol. The number of carbonyl (C=O) groups is 1. The molecular weight excluding hydrogens is 276 g/mol. The number of carboxylic acid groups (broad SMARTS) is 1. The molecule has 118 valence electrons. The Morgan fingerprint density at radius 2 is 2.00 bits per heavy atom. The van der Waals surface area contributed by atoms with Crippen LogP contribution >= 0.6 is 0 Å². The van der Waals surface area contributed by atoms with Crippen LogP contribution in [0.2, 0.25) is 0 Å². The summed E-state index contributed by atoms with van der Waals surface area (Å²) in [5, 5.41) is 27.6. The van der Waals surface area contributed by atoms with Crippen molar-refractivity contribution in [1.82, 2.24) is 9.97 Å². The third-order valence-corrected chi connectivity index (χ3v) is 2.99. The summed E-state index contributed by atoms with van der Waals surface area (Å²) in [4.78, 5) is 18.9. The van der Waals surface area contributed by atoms with Crippen molar-refractivity contribution in [1.29, 1.82) is 0 Å². The molecule has 1 rings (SSSR count). The number of aromatic nitrogens is 2. The summed E-state index contributed by atoms with van der Waals surface area (Å²) < 4.78 is 4.92. The lowest BCUT2D eigenvalue weighted by Gasteiger charge is -2.20. The van der Waals surface area contributed by atoms with Gasteiger partial charge in [0.05, 0.1) is 24.1 Å². The van der Waals surface area contributed by atoms with Crippen molar-refractivity contribution < 1.29 is 24.9 Å². The van der Waals surface area contributed by atoms with Crippen LogP contribution in [0.1, 0.15) is 31.2 Å². The van der Waals surface area contributed by atoms with E-state index in [1.807, 2.05) is 0 Å². The van der Waals surface area contributed by atoms with Crippen LogP contribution in [0.4, 0.5) is 0 Å². The second-order valence-corrected chi connectivity index (χ2v) is 4.80. The molecule has 0 fully saturated rings. The van der Waals surface area contributed by atoms with E-state index in [0.717, 1.165) is 25.0 Å². The average molecular weight is 298 g/mol. The van der Waals surface area contributed by atoms with Crippen LogP contribution in [0.15, 0.2) is 12.4 Å². The fourth-order valence-electron chi connectivity index (χ4n) is 1.78. The molecule has 0 aromatic carbocycles. The van der Waals surface area contributed by atoms with Crippen molar-refractivity contribution in [2.24, 2.45) is 0 Å². The van der Waals surface area contributed by atoms with Crippen LogP contribution in [0.25, 0.3) is 0 Å². The van der Waals surface area contributed by atoms with Crippen molar-refractivity contribution in [3.63, 3.8) is 0 Å². The first-order chi connectivity index (χ1) is 10.1. The first kappa shape index (κ1) is 17.5. The summed E-state index contributed by atoms with van der Waals surface area (Å²) in [7, 11) is 0. The van der Waals surface area contributed by atoms with Gasteiger partial charge in [-0.3, -0.25) is 9.97 Å². The van der Waals surface area contributed by atoms with Gasteiger partial charge in [-0.2, -0.15) is 0 Å². The maximum absolute atomic E-state index is 10.4. The molecule has 1 aromatic rings. The number of hydrogen-bond acceptors (Lipinski definition) is 6. The Balaban J connectivity index is 2.51. The van der Waals surface area contributed by atoms with E-state index in [2.05, 4.69) is 16.9 Å². The Labute approximate surface area is 123 Å². The smallest absolute Gasteiger partial charge is 0.329 e. The molecule has 0 aliphatic rings. The molecule has 2 atom stereocenters. The van der Waals surface area contributed by atoms with E-state index < -0.39 is 31.4 Å². The minimum absolute atomic E-state index is 0.145. The summed E-state index contributed by atoms with van der Waals surface area (Å²) in [6, 6.07) is 0. The van der Waals surface area contributed by atoms with Gasteiger partial charge in [0, 0.05) is 18.8 Å². The summed E-state index contributed by atoms with van der Waals surface area (Å²) in [6.07, 6.45) is 4.41. The molecule has 0 bridgehead atoms. The molecule has 0 aliphatic heterocycles. The number of aliphatic hydroxyl groups is 2. The molecule has 0 amide bonds. The maximum Gasteiger partial charge on any atom is 0.329 e. The molecular formula is C14H22N2O5. The van der Waals surface area contributed by atoms with Gasteiger partial charge in [-0.15, -0.1) is 0 Å². The summed E-state index contributed by atoms with van der Waals surface area (Å²) >= 11 is 0. The number of hydrogen-bond donors (Lipinski definition) is 3. The molecule has 0 unspecified atom stereocenters. The van der Waals surface area contributed by atoms with E-state index in [4.69, 9.17) is 14.9 Å². The summed E-state index contributed by atoms with van der Waals surface area (Å²) in [6.45, 7) is 1.07. The molecule has 0 radical (unpaired) electrons. The Morgan fingerprint density at radius 1 is 1.33 bits per heavy atom. The third-order valence-electron chi connectivity index (χ3n) is 2.99. The van der Waals surface area contributed by atoms with Gasteiger partial charge in [0.15, 0.2) is 0 Å². The average Bonchev–Trinajstić information content (AvgIpc) is 2.47. The topological polar surface area (TPSA) is 113 Å². The highest BCUT2D eigenvalue weighted by atomic mass is 16.5. The molecule has 0 saturated heterocycles. The normalized spacial score (nSPS) is 13.9. The fourth-order valence-corrected chi connectivity index (χ4v) is 1.78. The Kier molecular flexibility index (Phi) is 7.81. The predicted octanol–water partition coefficient (Wildman–Crippen LogP) is 0.185. The first-order valence-corrected chi connectivity index (χ1v) is 6.99. The van der Waals surface area contributed by atoms with Crippen molar-refractivity contribution in [2.45, 2.75) is 44.8 Å². The van der Waals surface area contributed by atoms with Crippen LogP contribution in [-0.2, 0) is 22.4 Å². The van der Waals surface area contributed by atoms with Gasteiger partial charge in [0.1, 0.15) is 12.7 Å². The maximum atomic E-state index is 10.4. The van der Waals surface area contributed by atoms with Crippen LogP contribution in [0, 0.1) is 0 Å². The summed E-state index contributed by atoms with van der Waals surface area (Å²) in [5.74, 6) is -1.15. The highest BCUT2D eigenvalue weighted by Crippen LogP contribution is 2.07. The number of carboxylic acids is 1. The first-order valence-electron chi connectivity index (χ1n) is 6.99. The van der Waals surface area contributed by atoms with E-state index >= 15 is 0 Å². The summed E-state index contributed by atoms with van der Waals surface area (Å²) in [5.41, 5.74) is 1.47. The second-order valence-electron chi connectivity index (χ2n) is 4.80. The van der Waals surface area contributed by atoms with E-state index in [1.54, 1.807) is 12.4 Å². The minimum Gasteiger partial charge on any atom is -0.480 e. The molecule has 21 heavy (non-hydrogen) atoms. The van der Waals surface area contributed by atoms with Gasteiger partial charge in [0.2, 0.25) is 0 Å². The number of ether oxygens (including phenoxy) is 1. The lowest BCUT2D eigenvalue weighted by molar-refractivity contribution is -0.148. The molecule has 1 heterocycles. The molecule has 0 spiro atoms. The SMILES string of the molecule is CCCCc1cnc(C[C@H](O)[C@H](CO)OCC(=O)O)cn1. The van der Waals surface area contributed by atoms with E-state index in [0.29, 0.717) is 5.69 Å². The van der Waals surface area contributed by atoms with E-state index in [9.17, 15) is 9.90 Å². The van der Waals surface area contributed by atoms with Crippen LogP contribution < -0.4 is 0 Å². The van der Waals surface area contributed by atoms with Gasteiger partial charge >= 0.3 is 5.97 Å². The van der Waals surface area contributed by atoms with Gasteiger partial charge in [0.25, 0.3) is 0 Å². The Morgan fingerprint density at radius 3 is 2.52 bits per heavy atom. The molecule has 7 heteroatoms. The zero-order valence-electron chi connectivity index (χ0n) is 12.1. The predicted molar refractivity (Wildman–Crippen MR) is 74.8 cm³/mol. The van der Waals surface area contributed by atoms with Crippen molar-refractivity contribution in [3.05, 3.63) is 23.8 Å². The van der Waals surface area contributed by atoms with Crippen molar-refractivity contribution in [2.75, 3.05) is 13.2 Å². The largest absolute Gasteiger partial charge is 0.480 e. The fraction of sp³-hybridized carbons (Fsp3) is 0.643. The van der Waals surface area contributed by atoms with Gasteiger partial charge in [-0.1, -0.05) is 13.3 Å². The van der Waals surface area contributed by atoms with Gasteiger partial charge in [-0.05, 0) is 12.8 Å². The standard InChI is InChI=1S/C14H22N2O5/c1-2-3-4-10-6-16-11(7-15-10)5-12(18)13(8-17)21-9-14(19)20/h6-7,12-13,17-18H,2-5,8-9H2,1H3,(H,19,20)/t12-,13-/m0/s1. The number of aliphatic hydroxyl groups excluding tert-OH is 2. The number of unbranched alkanes of at least 4 members (excludes halogenated alkanes) is 1. The number of aryl methyl sites for hydroxylation is 1. The van der Waals surface area contributed by atoms with Crippen molar-refractivity contribution in [3.8, 4) is 0 Å². The highest BCUT2D eigenvalue weighted by molar-refractivity contribution is 5.68. The Hall–Kier alpha value is -1.57. The van der Waals surface area contributed by atoms with E-state index in [-0.39, 0.29) is 6.42 Å². The highest BCUT2D eigenvalue weighted by Gasteiger charge is 2.21. The van der Waals surface area contributed by atoms with E-state index in [1.165, 1.54) is 0 Å². The van der Waals surface area contributed by atoms with Crippen LogP contribution in [-0.4, -0.2) is 56.7 Å². The lowest BCUT2D eigenvalue weighted by Crippen LogP contribution is -2.35. The molecule has 0 aliphatic carbocycles. The number of rotatable bonds is 10. The molecule has 7 nitrogen and oxygen atoms in total. The molecule has 3 N–H and O–H groups in total. The second kappa shape index (κ2) is 9.38. The molecule has 1 aromatic heterocycles. The van der Waals surface area contributed by atoms with Crippen LogP contribution in [0.5, 0.6) is 0 Å². The number of nitrogens with zero attached hydrogens (tertiary/aromatic N) is 2.